The molecule has 0 saturated carbocycles. The zero-order valence-electron chi connectivity index (χ0n) is 11.9. The fraction of sp³-hybridized carbons (Fsp3) is 0.267. The largest absolute Gasteiger partial charge is 0.366 e. The van der Waals surface area contributed by atoms with Crippen LogP contribution in [-0.4, -0.2) is 22.1 Å². The van der Waals surface area contributed by atoms with Crippen molar-refractivity contribution in [1.82, 2.24) is 15.5 Å². The molecule has 0 spiro atoms. The first-order valence-electron chi connectivity index (χ1n) is 6.67. The van der Waals surface area contributed by atoms with Gasteiger partial charge >= 0.3 is 0 Å². The summed E-state index contributed by atoms with van der Waals surface area (Å²) in [6.45, 7) is 4.29. The highest BCUT2D eigenvalue weighted by Gasteiger charge is 2.08. The molecule has 0 unspecified atom stereocenters. The minimum Gasteiger partial charge on any atom is -0.366 e. The van der Waals surface area contributed by atoms with Crippen molar-refractivity contribution in [2.24, 2.45) is 0 Å². The summed E-state index contributed by atoms with van der Waals surface area (Å²) < 4.78 is 12.8. The molecule has 0 aliphatic carbocycles. The second-order valence-electron chi connectivity index (χ2n) is 4.91. The molecule has 0 bridgehead atoms. The number of hydrogen-bond acceptors (Lipinski definition) is 4. The van der Waals surface area contributed by atoms with Crippen molar-refractivity contribution in [1.29, 1.82) is 0 Å². The fourth-order valence-corrected chi connectivity index (χ4v) is 1.70. The summed E-state index contributed by atoms with van der Waals surface area (Å²) in [6, 6.07) is 9.52. The van der Waals surface area contributed by atoms with Crippen molar-refractivity contribution in [2.45, 2.75) is 26.4 Å². The topological polar surface area (TPSA) is 66.9 Å². The number of nitrogens with zero attached hydrogens (tertiary/aromatic N) is 2. The van der Waals surface area contributed by atoms with E-state index in [4.69, 9.17) is 0 Å². The Balaban J connectivity index is 1.92. The van der Waals surface area contributed by atoms with Crippen molar-refractivity contribution >= 4 is 11.7 Å². The van der Waals surface area contributed by atoms with Gasteiger partial charge in [-0.05, 0) is 43.7 Å². The number of rotatable bonds is 5. The number of carbonyl (C=O) groups excluding carboxylic acids is 1. The molecule has 110 valence electrons. The Morgan fingerprint density at radius 1 is 1.14 bits per heavy atom. The van der Waals surface area contributed by atoms with Gasteiger partial charge in [0, 0.05) is 12.6 Å². The number of benzene rings is 1. The average Bonchev–Trinajstić information content (AvgIpc) is 2.46. The molecule has 21 heavy (non-hydrogen) atoms. The molecular formula is C15H17FN4O. The minimum absolute atomic E-state index is 0.242. The number of nitrogens with one attached hydrogen (secondary N) is 2. The summed E-state index contributed by atoms with van der Waals surface area (Å²) in [5, 5.41) is 13.6. The highest BCUT2D eigenvalue weighted by Crippen LogP contribution is 2.05. The van der Waals surface area contributed by atoms with E-state index in [1.807, 2.05) is 13.8 Å². The van der Waals surface area contributed by atoms with Crippen LogP contribution in [0, 0.1) is 5.82 Å². The molecule has 2 aromatic rings. The zero-order chi connectivity index (χ0) is 15.2. The van der Waals surface area contributed by atoms with E-state index < -0.39 is 0 Å². The highest BCUT2D eigenvalue weighted by molar-refractivity contribution is 5.92. The number of carbonyl (C=O) groups is 1. The summed E-state index contributed by atoms with van der Waals surface area (Å²) in [5.41, 5.74) is 1.06. The third-order valence-corrected chi connectivity index (χ3v) is 2.70. The van der Waals surface area contributed by atoms with E-state index in [1.165, 1.54) is 12.1 Å². The summed E-state index contributed by atoms with van der Waals surface area (Å²) in [7, 11) is 0. The molecule has 1 heterocycles. The molecule has 1 amide bonds. The molecule has 6 heteroatoms. The Morgan fingerprint density at radius 2 is 1.86 bits per heavy atom. The Kier molecular flexibility index (Phi) is 4.81. The standard InChI is InChI=1S/C15H17FN4O/c1-10(2)18-14-8-7-13(19-20-14)15(21)17-9-11-3-5-12(16)6-4-11/h3-8,10H,9H2,1-2H3,(H,17,21)(H,18,20). The zero-order valence-corrected chi connectivity index (χ0v) is 11.9. The summed E-state index contributed by atoms with van der Waals surface area (Å²) in [6.07, 6.45) is 0. The van der Waals surface area contributed by atoms with Gasteiger partial charge in [-0.15, -0.1) is 10.2 Å². The van der Waals surface area contributed by atoms with Crippen molar-refractivity contribution in [3.8, 4) is 0 Å². The molecule has 0 aliphatic heterocycles. The SMILES string of the molecule is CC(C)Nc1ccc(C(=O)NCc2ccc(F)cc2)nn1. The second kappa shape index (κ2) is 6.78. The van der Waals surface area contributed by atoms with Gasteiger partial charge in [-0.25, -0.2) is 4.39 Å². The van der Waals surface area contributed by atoms with Gasteiger partial charge in [0.15, 0.2) is 5.69 Å². The maximum absolute atomic E-state index is 12.8. The summed E-state index contributed by atoms with van der Waals surface area (Å²) in [4.78, 5) is 11.9. The predicted octanol–water partition coefficient (Wildman–Crippen LogP) is 2.37. The Labute approximate surface area is 122 Å². The van der Waals surface area contributed by atoms with Gasteiger partial charge in [0.2, 0.25) is 0 Å². The van der Waals surface area contributed by atoms with Gasteiger partial charge in [-0.3, -0.25) is 4.79 Å². The van der Waals surface area contributed by atoms with E-state index in [-0.39, 0.29) is 23.5 Å². The molecule has 2 rings (SSSR count). The molecule has 0 saturated heterocycles. The third-order valence-electron chi connectivity index (χ3n) is 2.70. The molecule has 5 nitrogen and oxygen atoms in total. The van der Waals surface area contributed by atoms with E-state index in [9.17, 15) is 9.18 Å². The van der Waals surface area contributed by atoms with E-state index in [0.717, 1.165) is 5.56 Å². The molecule has 2 N–H and O–H groups in total. The lowest BCUT2D eigenvalue weighted by Gasteiger charge is -2.08. The van der Waals surface area contributed by atoms with Crippen LogP contribution in [0.2, 0.25) is 0 Å². The van der Waals surface area contributed by atoms with Gasteiger partial charge in [-0.1, -0.05) is 12.1 Å². The van der Waals surface area contributed by atoms with Crippen molar-refractivity contribution in [3.63, 3.8) is 0 Å². The monoisotopic (exact) mass is 288 g/mol. The Hall–Kier alpha value is -2.50. The summed E-state index contributed by atoms with van der Waals surface area (Å²) in [5.74, 6) is 0.00666. The molecule has 1 aromatic heterocycles. The summed E-state index contributed by atoms with van der Waals surface area (Å²) >= 11 is 0. The first kappa shape index (κ1) is 14.9. The lowest BCUT2D eigenvalue weighted by Crippen LogP contribution is -2.24. The smallest absolute Gasteiger partial charge is 0.272 e. The van der Waals surface area contributed by atoms with E-state index in [0.29, 0.717) is 12.4 Å². The van der Waals surface area contributed by atoms with Crippen LogP contribution in [0.4, 0.5) is 10.2 Å². The normalized spacial score (nSPS) is 10.5. The molecule has 0 fully saturated rings. The van der Waals surface area contributed by atoms with Gasteiger partial charge in [0.1, 0.15) is 11.6 Å². The van der Waals surface area contributed by atoms with Gasteiger partial charge < -0.3 is 10.6 Å². The Morgan fingerprint density at radius 3 is 2.43 bits per heavy atom. The number of aromatic nitrogens is 2. The third kappa shape index (κ3) is 4.52. The van der Waals surface area contributed by atoms with E-state index >= 15 is 0 Å². The lowest BCUT2D eigenvalue weighted by molar-refractivity contribution is 0.0945. The molecule has 1 aromatic carbocycles. The predicted molar refractivity (Wildman–Crippen MR) is 78.4 cm³/mol. The van der Waals surface area contributed by atoms with Crippen LogP contribution in [0.25, 0.3) is 0 Å². The molecule has 0 atom stereocenters. The number of amides is 1. The van der Waals surface area contributed by atoms with Crippen LogP contribution >= 0.6 is 0 Å². The highest BCUT2D eigenvalue weighted by atomic mass is 19.1. The minimum atomic E-state index is -0.317. The van der Waals surface area contributed by atoms with Crippen LogP contribution in [0.15, 0.2) is 36.4 Å². The van der Waals surface area contributed by atoms with Crippen LogP contribution in [0.1, 0.15) is 29.9 Å². The number of hydrogen-bond donors (Lipinski definition) is 2. The van der Waals surface area contributed by atoms with Crippen LogP contribution in [0.5, 0.6) is 0 Å². The average molecular weight is 288 g/mol. The maximum Gasteiger partial charge on any atom is 0.272 e. The first-order chi connectivity index (χ1) is 10.0. The molecule has 0 radical (unpaired) electrons. The van der Waals surface area contributed by atoms with E-state index in [2.05, 4.69) is 20.8 Å². The van der Waals surface area contributed by atoms with Crippen molar-refractivity contribution in [3.05, 3.63) is 53.5 Å². The van der Waals surface area contributed by atoms with Gasteiger partial charge in [0.25, 0.3) is 5.91 Å². The number of halogens is 1. The van der Waals surface area contributed by atoms with Crippen LogP contribution in [0.3, 0.4) is 0 Å². The maximum atomic E-state index is 12.8. The second-order valence-corrected chi connectivity index (χ2v) is 4.91. The molecular weight excluding hydrogens is 271 g/mol. The van der Waals surface area contributed by atoms with Crippen molar-refractivity contribution in [2.75, 3.05) is 5.32 Å². The Bertz CT molecular complexity index is 596. The lowest BCUT2D eigenvalue weighted by atomic mass is 10.2. The van der Waals surface area contributed by atoms with Crippen LogP contribution in [-0.2, 0) is 6.54 Å². The van der Waals surface area contributed by atoms with Crippen LogP contribution < -0.4 is 10.6 Å². The number of anilines is 1. The van der Waals surface area contributed by atoms with Crippen molar-refractivity contribution < 1.29 is 9.18 Å². The molecule has 0 aliphatic rings. The van der Waals surface area contributed by atoms with E-state index in [1.54, 1.807) is 24.3 Å². The fourth-order valence-electron chi connectivity index (χ4n) is 1.70. The quantitative estimate of drug-likeness (QED) is 0.886. The van der Waals surface area contributed by atoms with Gasteiger partial charge in [0.05, 0.1) is 0 Å². The first-order valence-corrected chi connectivity index (χ1v) is 6.67. The van der Waals surface area contributed by atoms with Gasteiger partial charge in [-0.2, -0.15) is 0 Å².